The van der Waals surface area contributed by atoms with Crippen molar-refractivity contribution >= 4 is 76.5 Å². The van der Waals surface area contributed by atoms with Gasteiger partial charge in [-0.15, -0.1) is 0 Å². The Kier molecular flexibility index (Phi) is 6.24. The minimum Gasteiger partial charge on any atom is -0.456 e. The van der Waals surface area contributed by atoms with E-state index < -0.39 is 0 Å². The summed E-state index contributed by atoms with van der Waals surface area (Å²) in [5.74, 6) is 1.72. The molecular formula is C49H28N4O2. The predicted molar refractivity (Wildman–Crippen MR) is 223 cm³/mol. The molecule has 4 aromatic heterocycles. The molecule has 55 heavy (non-hydrogen) atoms. The number of fused-ring (bicyclic) bond motifs is 10. The van der Waals surface area contributed by atoms with Crippen LogP contribution in [0.2, 0.25) is 0 Å². The Labute approximate surface area is 313 Å². The molecule has 12 aromatic rings. The van der Waals surface area contributed by atoms with Crippen LogP contribution in [0.3, 0.4) is 0 Å². The fourth-order valence-electron chi connectivity index (χ4n) is 8.23. The number of para-hydroxylation sites is 3. The van der Waals surface area contributed by atoms with Crippen molar-refractivity contribution in [2.75, 3.05) is 0 Å². The van der Waals surface area contributed by atoms with Gasteiger partial charge in [-0.05, 0) is 65.4 Å². The second-order valence-electron chi connectivity index (χ2n) is 14.0. The zero-order valence-corrected chi connectivity index (χ0v) is 29.3. The Balaban J connectivity index is 1.16. The molecule has 0 saturated heterocycles. The summed E-state index contributed by atoms with van der Waals surface area (Å²) in [7, 11) is 0. The van der Waals surface area contributed by atoms with Gasteiger partial charge in [0.05, 0.1) is 16.7 Å². The van der Waals surface area contributed by atoms with Crippen molar-refractivity contribution in [1.82, 2.24) is 19.5 Å². The molecule has 0 radical (unpaired) electrons. The van der Waals surface area contributed by atoms with Crippen LogP contribution in [0.4, 0.5) is 0 Å². The average Bonchev–Trinajstić information content (AvgIpc) is 3.92. The first-order chi connectivity index (χ1) is 27.2. The summed E-state index contributed by atoms with van der Waals surface area (Å²) in [5, 5.41) is 8.88. The Bertz CT molecular complexity index is 3500. The van der Waals surface area contributed by atoms with Crippen LogP contribution >= 0.6 is 0 Å². The zero-order valence-electron chi connectivity index (χ0n) is 29.3. The van der Waals surface area contributed by atoms with Crippen LogP contribution in [0.25, 0.3) is 116 Å². The lowest BCUT2D eigenvalue weighted by Crippen LogP contribution is -2.01. The molecule has 4 heterocycles. The predicted octanol–water partition coefficient (Wildman–Crippen LogP) is 12.9. The maximum absolute atomic E-state index is 6.75. The molecule has 0 aliphatic rings. The van der Waals surface area contributed by atoms with Crippen molar-refractivity contribution < 1.29 is 8.83 Å². The summed E-state index contributed by atoms with van der Waals surface area (Å²) in [6, 6.07) is 58.6. The number of hydrogen-bond acceptors (Lipinski definition) is 5. The number of rotatable bonds is 4. The van der Waals surface area contributed by atoms with E-state index in [1.165, 1.54) is 21.5 Å². The van der Waals surface area contributed by atoms with Crippen LogP contribution in [0, 0.1) is 0 Å². The minimum atomic E-state index is 0.563. The highest BCUT2D eigenvalue weighted by Gasteiger charge is 2.22. The highest BCUT2D eigenvalue weighted by atomic mass is 16.3. The van der Waals surface area contributed by atoms with Crippen molar-refractivity contribution in [3.63, 3.8) is 0 Å². The molecule has 0 fully saturated rings. The van der Waals surface area contributed by atoms with Crippen molar-refractivity contribution in [3.05, 3.63) is 170 Å². The van der Waals surface area contributed by atoms with E-state index in [-0.39, 0.29) is 0 Å². The van der Waals surface area contributed by atoms with Crippen LogP contribution in [0.1, 0.15) is 0 Å². The van der Waals surface area contributed by atoms with E-state index in [4.69, 9.17) is 23.8 Å². The van der Waals surface area contributed by atoms with Crippen molar-refractivity contribution in [3.8, 4) is 39.9 Å². The highest BCUT2D eigenvalue weighted by molar-refractivity contribution is 6.16. The summed E-state index contributed by atoms with van der Waals surface area (Å²) in [6.07, 6.45) is 0. The Morgan fingerprint density at radius 3 is 1.75 bits per heavy atom. The molecule has 8 aromatic carbocycles. The summed E-state index contributed by atoms with van der Waals surface area (Å²) in [5.41, 5.74) is 8.96. The SMILES string of the molecule is c1ccc(-c2nc(-c3ccc4c(c3)oc3ccccc34)nc(-c3cc(-n4c5ccccc5c5cc6ccccc6cc54)c4oc5ccccc5c4c3)n2)cc1. The van der Waals surface area contributed by atoms with E-state index in [0.29, 0.717) is 17.5 Å². The largest absolute Gasteiger partial charge is 0.456 e. The van der Waals surface area contributed by atoms with Crippen molar-refractivity contribution in [2.24, 2.45) is 0 Å². The van der Waals surface area contributed by atoms with Gasteiger partial charge in [-0.3, -0.25) is 0 Å². The summed E-state index contributed by atoms with van der Waals surface area (Å²) in [6.45, 7) is 0. The molecule has 0 amide bonds. The second-order valence-corrected chi connectivity index (χ2v) is 14.0. The van der Waals surface area contributed by atoms with Gasteiger partial charge >= 0.3 is 0 Å². The Morgan fingerprint density at radius 1 is 0.345 bits per heavy atom. The van der Waals surface area contributed by atoms with Crippen LogP contribution in [0.15, 0.2) is 179 Å². The van der Waals surface area contributed by atoms with Gasteiger partial charge in [0.1, 0.15) is 16.7 Å². The number of aromatic nitrogens is 4. The highest BCUT2D eigenvalue weighted by Crippen LogP contribution is 2.42. The molecule has 0 aliphatic heterocycles. The Morgan fingerprint density at radius 2 is 0.945 bits per heavy atom. The van der Waals surface area contributed by atoms with Crippen LogP contribution in [-0.4, -0.2) is 19.5 Å². The lowest BCUT2D eigenvalue weighted by atomic mass is 10.1. The molecule has 12 rings (SSSR count). The molecule has 0 saturated carbocycles. The van der Waals surface area contributed by atoms with E-state index in [2.05, 4.69) is 108 Å². The second kappa shape index (κ2) is 11.5. The third-order valence-corrected chi connectivity index (χ3v) is 10.8. The van der Waals surface area contributed by atoms with Crippen LogP contribution in [-0.2, 0) is 0 Å². The lowest BCUT2D eigenvalue weighted by molar-refractivity contribution is 0.666. The average molecular weight is 705 g/mol. The van der Waals surface area contributed by atoms with E-state index >= 15 is 0 Å². The van der Waals surface area contributed by atoms with Crippen molar-refractivity contribution in [1.29, 1.82) is 0 Å². The lowest BCUT2D eigenvalue weighted by Gasteiger charge is -2.13. The van der Waals surface area contributed by atoms with E-state index in [0.717, 1.165) is 77.3 Å². The first-order valence-corrected chi connectivity index (χ1v) is 18.3. The molecule has 0 bridgehead atoms. The number of furan rings is 2. The van der Waals surface area contributed by atoms with E-state index in [9.17, 15) is 0 Å². The summed E-state index contributed by atoms with van der Waals surface area (Å²) in [4.78, 5) is 15.4. The quantitative estimate of drug-likeness (QED) is 0.182. The monoisotopic (exact) mass is 704 g/mol. The maximum Gasteiger partial charge on any atom is 0.164 e. The first kappa shape index (κ1) is 29.9. The molecule has 0 atom stereocenters. The molecule has 256 valence electrons. The molecule has 0 spiro atoms. The smallest absolute Gasteiger partial charge is 0.164 e. The van der Waals surface area contributed by atoms with Crippen LogP contribution in [0.5, 0.6) is 0 Å². The number of hydrogen-bond donors (Lipinski definition) is 0. The number of benzene rings is 8. The molecule has 0 unspecified atom stereocenters. The van der Waals surface area contributed by atoms with Gasteiger partial charge in [0.15, 0.2) is 23.1 Å². The van der Waals surface area contributed by atoms with Gasteiger partial charge in [0, 0.05) is 49.0 Å². The fourth-order valence-corrected chi connectivity index (χ4v) is 8.23. The standard InChI is InChI=1S/C49H28N4O2/c1-2-12-29(13-3-1)47-50-48(32-22-23-37-35-17-7-10-20-43(35)54-45(37)28-32)52-49(51-47)33-25-39-36-18-8-11-21-44(36)55-46(39)42(27-33)53-40-19-9-6-16-34(40)38-24-30-14-4-5-15-31(30)26-41(38)53/h1-28H. The summed E-state index contributed by atoms with van der Waals surface area (Å²) < 4.78 is 15.4. The van der Waals surface area contributed by atoms with Gasteiger partial charge < -0.3 is 13.4 Å². The third-order valence-electron chi connectivity index (χ3n) is 10.8. The maximum atomic E-state index is 6.75. The van der Waals surface area contributed by atoms with Crippen molar-refractivity contribution in [2.45, 2.75) is 0 Å². The Hall–Kier alpha value is -7.57. The van der Waals surface area contributed by atoms with Gasteiger partial charge in [0.2, 0.25) is 0 Å². The molecule has 6 heteroatoms. The number of nitrogens with zero attached hydrogens (tertiary/aromatic N) is 4. The molecule has 0 N–H and O–H groups in total. The normalized spacial score (nSPS) is 12.0. The first-order valence-electron chi connectivity index (χ1n) is 18.3. The molecular weight excluding hydrogens is 677 g/mol. The van der Waals surface area contributed by atoms with Gasteiger partial charge in [-0.25, -0.2) is 15.0 Å². The topological polar surface area (TPSA) is 69.9 Å². The van der Waals surface area contributed by atoms with Gasteiger partial charge in [0.25, 0.3) is 0 Å². The third kappa shape index (κ3) is 4.58. The molecule has 0 aliphatic carbocycles. The zero-order chi connectivity index (χ0) is 36.0. The minimum absolute atomic E-state index is 0.563. The van der Waals surface area contributed by atoms with Crippen LogP contribution < -0.4 is 0 Å². The van der Waals surface area contributed by atoms with Gasteiger partial charge in [-0.2, -0.15) is 0 Å². The molecule has 6 nitrogen and oxygen atoms in total. The van der Waals surface area contributed by atoms with E-state index in [1.54, 1.807) is 0 Å². The fraction of sp³-hybridized carbons (Fsp3) is 0. The van der Waals surface area contributed by atoms with E-state index in [1.807, 2.05) is 66.7 Å². The van der Waals surface area contributed by atoms with Gasteiger partial charge in [-0.1, -0.05) is 115 Å². The summed E-state index contributed by atoms with van der Waals surface area (Å²) >= 11 is 0.